The molecule has 30 unspecified atom stereocenters. The molecule has 9 rings (SSSR count). The molecule has 0 spiro atoms. The number of carbonyl (C=O) groups excluding carboxylic acids is 2. The van der Waals surface area contributed by atoms with Gasteiger partial charge in [0.05, 0.1) is 50.2 Å². The zero-order valence-electron chi connectivity index (χ0n) is 50.3. The first-order valence-electron chi connectivity index (χ1n) is 29.9. The molecule has 4 saturated carbocycles. The molecule has 490 valence electrons. The second-order valence-electron chi connectivity index (χ2n) is 27.6. The molecule has 8 fully saturated rings. The molecule has 30 atom stereocenters. The van der Waals surface area contributed by atoms with Crippen LogP contribution in [0.15, 0.2) is 23.3 Å². The highest BCUT2D eigenvalue weighted by Gasteiger charge is 2.76. The summed E-state index contributed by atoms with van der Waals surface area (Å²) in [5, 5.41) is 157. The van der Waals surface area contributed by atoms with Crippen molar-refractivity contribution in [3.63, 3.8) is 0 Å². The molecule has 0 aromatic rings. The minimum Gasteiger partial charge on any atom is -0.479 e. The normalized spacial score (nSPS) is 50.9. The number of aliphatic carboxylic acids is 1. The van der Waals surface area contributed by atoms with Gasteiger partial charge in [-0.05, 0) is 86.4 Å². The van der Waals surface area contributed by atoms with Gasteiger partial charge in [0.1, 0.15) is 85.5 Å². The zero-order chi connectivity index (χ0) is 63.5. The molecule has 14 N–H and O–H groups in total. The van der Waals surface area contributed by atoms with Crippen LogP contribution in [0.4, 0.5) is 0 Å². The van der Waals surface area contributed by atoms with E-state index in [4.69, 9.17) is 47.4 Å². The summed E-state index contributed by atoms with van der Waals surface area (Å²) in [6.07, 6.45) is -34.0. The number of fused-ring (bicyclic) bond motifs is 7. The molecule has 9 aliphatic rings. The highest BCUT2D eigenvalue weighted by Crippen LogP contribution is 2.76. The van der Waals surface area contributed by atoms with Gasteiger partial charge in [-0.3, -0.25) is 4.79 Å². The van der Waals surface area contributed by atoms with Crippen LogP contribution >= 0.6 is 0 Å². The number of ether oxygens (including phenoxy) is 10. The van der Waals surface area contributed by atoms with Crippen LogP contribution in [0.25, 0.3) is 0 Å². The van der Waals surface area contributed by atoms with Crippen LogP contribution in [0, 0.1) is 50.2 Å². The highest BCUT2D eigenvalue weighted by atomic mass is 16.8. The molecule has 27 nitrogen and oxygen atoms in total. The van der Waals surface area contributed by atoms with Gasteiger partial charge in [0.15, 0.2) is 37.4 Å². The Kier molecular flexibility index (Phi) is 19.3. The van der Waals surface area contributed by atoms with Gasteiger partial charge in [-0.1, -0.05) is 66.2 Å². The van der Waals surface area contributed by atoms with Crippen molar-refractivity contribution in [2.24, 2.45) is 50.2 Å². The maximum atomic E-state index is 13.5. The Morgan fingerprint density at radius 3 is 1.87 bits per heavy atom. The van der Waals surface area contributed by atoms with Crippen molar-refractivity contribution in [1.29, 1.82) is 0 Å². The number of esters is 2. The zero-order valence-corrected chi connectivity index (χ0v) is 50.3. The molecule has 0 aromatic heterocycles. The molecule has 0 aromatic carbocycles. The molecule has 0 amide bonds. The fourth-order valence-corrected chi connectivity index (χ4v) is 17.2. The van der Waals surface area contributed by atoms with Gasteiger partial charge in [-0.2, -0.15) is 0 Å². The molecule has 5 aliphatic carbocycles. The molecule has 86 heavy (non-hydrogen) atoms. The third-order valence-electron chi connectivity index (χ3n) is 22.3. The Bertz CT molecular complexity index is 2530. The summed E-state index contributed by atoms with van der Waals surface area (Å²) in [5.41, 5.74) is -4.78. The maximum Gasteiger partial charge on any atom is 0.335 e. The Balaban J connectivity index is 1.03. The summed E-state index contributed by atoms with van der Waals surface area (Å²) in [4.78, 5) is 39.6. The molecule has 0 bridgehead atoms. The average molecular weight is 1230 g/mol. The number of aliphatic hydroxyl groups is 13. The van der Waals surface area contributed by atoms with E-state index in [1.807, 2.05) is 34.6 Å². The molecule has 27 heteroatoms. The van der Waals surface area contributed by atoms with Crippen molar-refractivity contribution in [2.75, 3.05) is 26.4 Å². The number of carbonyl (C=O) groups is 3. The number of carboxylic acid groups (broad SMARTS) is 1. The van der Waals surface area contributed by atoms with E-state index in [9.17, 15) is 85.9 Å². The first-order chi connectivity index (χ1) is 40.1. The smallest absolute Gasteiger partial charge is 0.335 e. The van der Waals surface area contributed by atoms with Gasteiger partial charge >= 0.3 is 17.9 Å². The van der Waals surface area contributed by atoms with Gasteiger partial charge in [0, 0.05) is 23.3 Å². The van der Waals surface area contributed by atoms with E-state index in [0.717, 1.165) is 5.57 Å². The summed E-state index contributed by atoms with van der Waals surface area (Å²) < 4.78 is 60.2. The number of aliphatic hydroxyl groups excluding tert-OH is 13. The van der Waals surface area contributed by atoms with E-state index < -0.39 is 224 Å². The molecular formula is C59H92O27. The Labute approximate surface area is 498 Å². The lowest BCUT2D eigenvalue weighted by Gasteiger charge is -2.73. The summed E-state index contributed by atoms with van der Waals surface area (Å²) in [6, 6.07) is 0. The fourth-order valence-electron chi connectivity index (χ4n) is 17.2. The highest BCUT2D eigenvalue weighted by molar-refractivity contribution is 5.87. The second-order valence-corrected chi connectivity index (χ2v) is 27.6. The quantitative estimate of drug-likeness (QED) is 0.0379. The Morgan fingerprint density at radius 1 is 0.640 bits per heavy atom. The summed E-state index contributed by atoms with van der Waals surface area (Å²) in [5.74, 6) is -4.14. The molecular weight excluding hydrogens is 1140 g/mol. The van der Waals surface area contributed by atoms with Gasteiger partial charge in [-0.25, -0.2) is 9.59 Å². The Hall–Kier alpha value is -2.95. The Morgan fingerprint density at radius 2 is 1.26 bits per heavy atom. The van der Waals surface area contributed by atoms with Crippen LogP contribution in [0.2, 0.25) is 0 Å². The number of hydrogen-bond acceptors (Lipinski definition) is 26. The SMILES string of the molecule is CC=C(C)C(=O)OC1C(OC(C)=O)C2(CO)C(CC1(C)C)C1=CCC3C4(C)CCC(OC5OC(C(=O)O)C(O)C(OC6OCC(O)C(OC7OCC(O)C(O)C7O)C6O)C5OC5OC(CO)C(O)C(O)C5O)C(C)(C)C4CCC3(C)C1(C)C(O)C2O. The maximum absolute atomic E-state index is 13.5. The first-order valence-corrected chi connectivity index (χ1v) is 29.9. The number of allylic oxidation sites excluding steroid dienone is 2. The van der Waals surface area contributed by atoms with Crippen LogP contribution in [-0.2, 0) is 61.8 Å². The van der Waals surface area contributed by atoms with Crippen LogP contribution in [-0.4, -0.2) is 257 Å². The largest absolute Gasteiger partial charge is 0.479 e. The van der Waals surface area contributed by atoms with Crippen LogP contribution in [0.1, 0.15) is 108 Å². The molecule has 4 saturated heterocycles. The van der Waals surface area contributed by atoms with Crippen LogP contribution in [0.5, 0.6) is 0 Å². The van der Waals surface area contributed by atoms with Gasteiger partial charge in [0.25, 0.3) is 0 Å². The number of rotatable bonds is 14. The lowest BCUT2D eigenvalue weighted by molar-refractivity contribution is -0.396. The number of carboxylic acids is 1. The standard InChI is InChI=1S/C59H92O27/c1-11-23(2)49(76)86-46-47(79-24(3)62)59(22-61)26(18-54(46,4)5)25-12-13-31-56(8)16-15-32(55(6,7)30(56)14-17-57(31,9)58(25,10)44(72)45(59)73)81-53-43(85-52-37(69)35(67)34(66)29(19-60)80-52)41(38(70)42(84-53)48(74)75)83-51-39(71)40(28(64)21-78-51)82-50-36(68)33(65)27(63)20-77-50/h11-12,26-47,50-53,60-61,63-73H,13-22H2,1-10H3,(H,74,75). The monoisotopic (exact) mass is 1230 g/mol. The second kappa shape index (κ2) is 24.6. The average Bonchev–Trinajstić information content (AvgIpc) is 0.668. The third kappa shape index (κ3) is 10.8. The van der Waals surface area contributed by atoms with E-state index in [2.05, 4.69) is 19.9 Å². The lowest BCUT2D eigenvalue weighted by Crippen LogP contribution is -2.76. The first kappa shape index (κ1) is 67.4. The van der Waals surface area contributed by atoms with E-state index in [0.29, 0.717) is 31.3 Å². The van der Waals surface area contributed by atoms with Crippen molar-refractivity contribution in [2.45, 2.75) is 249 Å². The predicted molar refractivity (Wildman–Crippen MR) is 290 cm³/mol. The summed E-state index contributed by atoms with van der Waals surface area (Å²) >= 11 is 0. The van der Waals surface area contributed by atoms with Crippen LogP contribution in [0.3, 0.4) is 0 Å². The van der Waals surface area contributed by atoms with E-state index >= 15 is 0 Å². The fraction of sp³-hybridized carbons (Fsp3) is 0.881. The van der Waals surface area contributed by atoms with Gasteiger partial charge < -0.3 is 119 Å². The van der Waals surface area contributed by atoms with Crippen molar-refractivity contribution in [3.05, 3.63) is 23.3 Å². The van der Waals surface area contributed by atoms with E-state index in [-0.39, 0.29) is 24.7 Å². The van der Waals surface area contributed by atoms with E-state index in [1.54, 1.807) is 19.9 Å². The molecule has 4 aliphatic heterocycles. The topological polar surface area (TPSA) is 427 Å². The number of hydrogen-bond donors (Lipinski definition) is 14. The van der Waals surface area contributed by atoms with Gasteiger partial charge in [-0.15, -0.1) is 0 Å². The van der Waals surface area contributed by atoms with Crippen LogP contribution < -0.4 is 0 Å². The third-order valence-corrected chi connectivity index (χ3v) is 22.3. The van der Waals surface area contributed by atoms with Crippen molar-refractivity contribution >= 4 is 17.9 Å². The molecule has 4 heterocycles. The van der Waals surface area contributed by atoms with Gasteiger partial charge in [0.2, 0.25) is 0 Å². The van der Waals surface area contributed by atoms with Crippen molar-refractivity contribution in [3.8, 4) is 0 Å². The predicted octanol–water partition coefficient (Wildman–Crippen LogP) is -2.22. The van der Waals surface area contributed by atoms with Crippen molar-refractivity contribution in [1.82, 2.24) is 0 Å². The summed E-state index contributed by atoms with van der Waals surface area (Å²) in [7, 11) is 0. The van der Waals surface area contributed by atoms with Crippen molar-refractivity contribution < 1.29 is 133 Å². The minimum absolute atomic E-state index is 0.181. The summed E-state index contributed by atoms with van der Waals surface area (Å²) in [6.45, 7) is 15.8. The molecule has 0 radical (unpaired) electrons. The minimum atomic E-state index is -2.22. The lowest BCUT2D eigenvalue weighted by atomic mass is 9.32. The van der Waals surface area contributed by atoms with E-state index in [1.165, 1.54) is 6.92 Å².